The molecule has 0 aliphatic heterocycles. The van der Waals surface area contributed by atoms with Crippen molar-refractivity contribution in [3.63, 3.8) is 0 Å². The Morgan fingerprint density at radius 1 is 0.358 bits per heavy atom. The summed E-state index contributed by atoms with van der Waals surface area (Å²) in [7, 11) is 1.79. The summed E-state index contributed by atoms with van der Waals surface area (Å²) < 4.78 is 0. The number of nitrogens with two attached hydrogens (primary N) is 1. The second-order valence-corrected chi connectivity index (χ2v) is 19.3. The summed E-state index contributed by atoms with van der Waals surface area (Å²) in [6.45, 7) is 10.4. The SMILES string of the molecule is CCCCCCCCCCN(CC(N)=O)C(=O)CN(CCCCCCCCCC)C(=O)CN(CCCCCCCCCC)C(=O)CN(CCCCCCCCCC)C(=O)CN(C=O)CCNC. The van der Waals surface area contributed by atoms with Crippen molar-refractivity contribution in [2.75, 3.05) is 79.0 Å². The van der Waals surface area contributed by atoms with Crippen LogP contribution < -0.4 is 11.1 Å². The predicted octanol–water partition coefficient (Wildman–Crippen LogP) is 10.0. The summed E-state index contributed by atoms with van der Waals surface area (Å²) in [5, 5.41) is 3.02. The second-order valence-electron chi connectivity index (χ2n) is 19.3. The number of hydrogen-bond acceptors (Lipinski definition) is 7. The van der Waals surface area contributed by atoms with Gasteiger partial charge in [-0.15, -0.1) is 0 Å². The number of rotatable bonds is 50. The van der Waals surface area contributed by atoms with Gasteiger partial charge in [0, 0.05) is 39.3 Å². The molecule has 392 valence electrons. The van der Waals surface area contributed by atoms with E-state index in [1.807, 2.05) is 0 Å². The molecule has 0 atom stereocenters. The molecule has 0 saturated carbocycles. The van der Waals surface area contributed by atoms with Gasteiger partial charge in [-0.05, 0) is 32.7 Å². The summed E-state index contributed by atoms with van der Waals surface area (Å²) in [5.41, 5.74) is 5.65. The highest BCUT2D eigenvalue weighted by molar-refractivity contribution is 5.91. The Kier molecular flexibility index (Phi) is 44.3. The molecule has 0 saturated heterocycles. The zero-order valence-electron chi connectivity index (χ0n) is 44.2. The summed E-state index contributed by atoms with van der Waals surface area (Å²) >= 11 is 0. The molecule has 0 aromatic rings. The average molecular weight is 948 g/mol. The van der Waals surface area contributed by atoms with Crippen LogP contribution in [-0.4, -0.2) is 139 Å². The number of carbonyl (C=O) groups is 6. The van der Waals surface area contributed by atoms with Gasteiger partial charge in [-0.2, -0.15) is 0 Å². The fraction of sp³-hybridized carbons (Fsp3) is 0.889. The molecule has 0 fully saturated rings. The standard InChI is InChI=1S/C54H105N7O6/c1-6-10-14-18-22-26-30-34-39-58(44-50(55)63)52(65)46-60(41-36-32-28-24-20-16-12-8-3)54(67)48-61(42-37-33-29-25-21-17-13-9-4)53(66)47-59(40-35-31-27-23-19-15-11-7-2)51(64)45-57(49-62)43-38-56-5/h49,56H,6-48H2,1-5H3,(H2,55,63). The molecule has 0 aromatic carbocycles. The molecule has 0 spiro atoms. The van der Waals surface area contributed by atoms with Crippen LogP contribution in [0.2, 0.25) is 0 Å². The molecule has 0 aromatic heterocycles. The van der Waals surface area contributed by atoms with E-state index in [9.17, 15) is 28.8 Å². The molecule has 0 radical (unpaired) electrons. The van der Waals surface area contributed by atoms with Gasteiger partial charge in [0.15, 0.2) is 0 Å². The molecule has 0 rings (SSSR count). The average Bonchev–Trinajstić information content (AvgIpc) is 3.31. The molecule has 67 heavy (non-hydrogen) atoms. The van der Waals surface area contributed by atoms with Gasteiger partial charge in [-0.25, -0.2) is 0 Å². The van der Waals surface area contributed by atoms with Crippen LogP contribution in [0.5, 0.6) is 0 Å². The summed E-state index contributed by atoms with van der Waals surface area (Å²) in [5.74, 6) is -1.79. The Morgan fingerprint density at radius 2 is 0.597 bits per heavy atom. The maximum Gasteiger partial charge on any atom is 0.242 e. The first kappa shape index (κ1) is 63.8. The highest BCUT2D eigenvalue weighted by Gasteiger charge is 2.28. The number of nitrogens with zero attached hydrogens (tertiary/aromatic N) is 5. The lowest BCUT2D eigenvalue weighted by Gasteiger charge is -2.31. The summed E-state index contributed by atoms with van der Waals surface area (Å²) in [6, 6.07) is 0. The minimum absolute atomic E-state index is 0.123. The summed E-state index contributed by atoms with van der Waals surface area (Å²) in [6.07, 6.45) is 35.6. The van der Waals surface area contributed by atoms with Crippen LogP contribution in [0, 0.1) is 0 Å². The lowest BCUT2D eigenvalue weighted by Crippen LogP contribution is -2.51. The number of likely N-dealkylation sites (N-methyl/N-ethyl adjacent to an activating group) is 1. The Labute approximate surface area is 411 Å². The van der Waals surface area contributed by atoms with Gasteiger partial charge in [0.2, 0.25) is 35.9 Å². The number of hydrogen-bond donors (Lipinski definition) is 2. The monoisotopic (exact) mass is 948 g/mol. The van der Waals surface area contributed by atoms with Crippen molar-refractivity contribution in [1.82, 2.24) is 29.8 Å². The van der Waals surface area contributed by atoms with Crippen LogP contribution in [-0.2, 0) is 28.8 Å². The van der Waals surface area contributed by atoms with Gasteiger partial charge in [0.1, 0.15) is 0 Å². The number of amides is 6. The normalized spacial score (nSPS) is 11.1. The predicted molar refractivity (Wildman–Crippen MR) is 278 cm³/mol. The van der Waals surface area contributed by atoms with E-state index >= 15 is 0 Å². The first-order chi connectivity index (χ1) is 32.6. The Bertz CT molecular complexity index is 1240. The van der Waals surface area contributed by atoms with Crippen molar-refractivity contribution in [3.05, 3.63) is 0 Å². The van der Waals surface area contributed by atoms with Gasteiger partial charge < -0.3 is 35.6 Å². The van der Waals surface area contributed by atoms with Crippen LogP contribution in [0.4, 0.5) is 0 Å². The molecule has 0 aliphatic rings. The molecule has 13 heteroatoms. The van der Waals surface area contributed by atoms with Crippen molar-refractivity contribution in [3.8, 4) is 0 Å². The maximum absolute atomic E-state index is 14.5. The van der Waals surface area contributed by atoms with E-state index in [4.69, 9.17) is 5.73 Å². The van der Waals surface area contributed by atoms with Crippen LogP contribution in [0.15, 0.2) is 0 Å². The van der Waals surface area contributed by atoms with Crippen molar-refractivity contribution in [2.45, 2.75) is 233 Å². The molecule has 0 bridgehead atoms. The van der Waals surface area contributed by atoms with Crippen molar-refractivity contribution >= 4 is 35.9 Å². The van der Waals surface area contributed by atoms with E-state index in [0.29, 0.717) is 45.7 Å². The summed E-state index contributed by atoms with van der Waals surface area (Å²) in [4.78, 5) is 88.7. The first-order valence-electron chi connectivity index (χ1n) is 27.8. The number of unbranched alkanes of at least 4 members (excludes halogenated alkanes) is 28. The van der Waals surface area contributed by atoms with E-state index < -0.39 is 5.91 Å². The second kappa shape index (κ2) is 46.5. The minimum atomic E-state index is -0.583. The van der Waals surface area contributed by atoms with Crippen LogP contribution in [0.25, 0.3) is 0 Å². The maximum atomic E-state index is 14.5. The molecular formula is C54H105N7O6. The fourth-order valence-electron chi connectivity index (χ4n) is 8.59. The largest absolute Gasteiger partial charge is 0.368 e. The van der Waals surface area contributed by atoms with Crippen molar-refractivity contribution in [2.24, 2.45) is 5.73 Å². The van der Waals surface area contributed by atoms with Gasteiger partial charge >= 0.3 is 0 Å². The van der Waals surface area contributed by atoms with Gasteiger partial charge in [-0.1, -0.05) is 207 Å². The van der Waals surface area contributed by atoms with E-state index in [1.54, 1.807) is 21.7 Å². The van der Waals surface area contributed by atoms with Crippen molar-refractivity contribution < 1.29 is 28.8 Å². The van der Waals surface area contributed by atoms with Crippen LogP contribution in [0.1, 0.15) is 233 Å². The molecule has 0 unspecified atom stereocenters. The molecule has 6 amide bonds. The molecule has 13 nitrogen and oxygen atoms in total. The van der Waals surface area contributed by atoms with E-state index in [1.165, 1.54) is 113 Å². The molecule has 0 heterocycles. The molecule has 3 N–H and O–H groups in total. The van der Waals surface area contributed by atoms with Crippen LogP contribution >= 0.6 is 0 Å². The van der Waals surface area contributed by atoms with Gasteiger partial charge in [0.25, 0.3) is 0 Å². The topological polar surface area (TPSA) is 157 Å². The number of primary amides is 1. The van der Waals surface area contributed by atoms with Crippen LogP contribution in [0.3, 0.4) is 0 Å². The zero-order chi connectivity index (χ0) is 49.6. The Hall–Kier alpha value is -3.22. The van der Waals surface area contributed by atoms with Crippen molar-refractivity contribution in [1.29, 1.82) is 0 Å². The quantitative estimate of drug-likeness (QED) is 0.0454. The van der Waals surface area contributed by atoms with E-state index in [2.05, 4.69) is 33.0 Å². The highest BCUT2D eigenvalue weighted by atomic mass is 16.2. The molecule has 0 aliphatic carbocycles. The van der Waals surface area contributed by atoms with E-state index in [0.717, 1.165) is 103 Å². The number of nitrogens with one attached hydrogen (secondary N) is 1. The highest BCUT2D eigenvalue weighted by Crippen LogP contribution is 2.15. The van der Waals surface area contributed by atoms with Gasteiger partial charge in [0.05, 0.1) is 32.7 Å². The van der Waals surface area contributed by atoms with Gasteiger partial charge in [-0.3, -0.25) is 28.8 Å². The Morgan fingerprint density at radius 3 is 0.836 bits per heavy atom. The Balaban J connectivity index is 6.36. The molecular weight excluding hydrogens is 843 g/mol. The number of carbonyl (C=O) groups excluding carboxylic acids is 6. The first-order valence-corrected chi connectivity index (χ1v) is 27.8. The fourth-order valence-corrected chi connectivity index (χ4v) is 8.59. The third kappa shape index (κ3) is 37.4. The lowest BCUT2D eigenvalue weighted by atomic mass is 10.1. The third-order valence-electron chi connectivity index (χ3n) is 13.0. The zero-order valence-corrected chi connectivity index (χ0v) is 44.2. The third-order valence-corrected chi connectivity index (χ3v) is 13.0. The van der Waals surface area contributed by atoms with E-state index in [-0.39, 0.29) is 56.4 Å². The smallest absolute Gasteiger partial charge is 0.242 e. The minimum Gasteiger partial charge on any atom is -0.368 e. The lowest BCUT2D eigenvalue weighted by molar-refractivity contribution is -0.147.